The van der Waals surface area contributed by atoms with E-state index in [9.17, 15) is 9.59 Å². The molecule has 190 valence electrons. The van der Waals surface area contributed by atoms with Crippen LogP contribution in [-0.2, 0) is 29.0 Å². The maximum atomic E-state index is 13.1. The Bertz CT molecular complexity index is 1250. The number of aromatic amines is 1. The molecule has 3 aromatic rings. The second-order valence-electron chi connectivity index (χ2n) is 9.27. The molecule has 0 saturated carbocycles. The number of rotatable bonds is 7. The molecule has 5 rings (SSSR count). The predicted octanol–water partition coefficient (Wildman–Crippen LogP) is 3.03. The van der Waals surface area contributed by atoms with E-state index in [4.69, 9.17) is 14.2 Å². The molecule has 0 aliphatic carbocycles. The van der Waals surface area contributed by atoms with Crippen LogP contribution in [0.25, 0.3) is 11.3 Å². The molecule has 9 heteroatoms. The Morgan fingerprint density at radius 3 is 2.83 bits per heavy atom. The molecule has 1 saturated heterocycles. The Balaban J connectivity index is 1.36. The minimum atomic E-state index is -0.493. The number of nitrogens with one attached hydrogen (secondary N) is 1. The van der Waals surface area contributed by atoms with Crippen molar-refractivity contribution in [2.45, 2.75) is 44.9 Å². The van der Waals surface area contributed by atoms with Gasteiger partial charge in [0.1, 0.15) is 17.9 Å². The molecule has 9 nitrogen and oxygen atoms in total. The highest BCUT2D eigenvalue weighted by Gasteiger charge is 2.27. The number of esters is 1. The molecule has 1 aromatic carbocycles. The Kier molecular flexibility index (Phi) is 7.48. The van der Waals surface area contributed by atoms with Crippen molar-refractivity contribution in [1.29, 1.82) is 0 Å². The zero-order chi connectivity index (χ0) is 24.9. The van der Waals surface area contributed by atoms with Gasteiger partial charge in [-0.15, -0.1) is 0 Å². The average molecular weight is 493 g/mol. The van der Waals surface area contributed by atoms with Gasteiger partial charge in [0.05, 0.1) is 25.1 Å². The molecule has 0 unspecified atom stereocenters. The molecule has 0 radical (unpaired) electrons. The highest BCUT2D eigenvalue weighted by molar-refractivity contribution is 5.93. The van der Waals surface area contributed by atoms with E-state index in [1.165, 1.54) is 13.2 Å². The minimum absolute atomic E-state index is 0.0323. The number of nitrogens with zero attached hydrogens (tertiary/aromatic N) is 3. The number of methoxy groups -OCH3 is 1. The SMILES string of the molecule is COC(=O)c1c(OC[C@H]2CCCCO2)cc(=O)n2c1CCN(Cc1cn[nH]c1-c1ccccc1)CC2. The van der Waals surface area contributed by atoms with Crippen LogP contribution in [0.2, 0.25) is 0 Å². The molecule has 0 amide bonds. The van der Waals surface area contributed by atoms with Crippen molar-refractivity contribution in [3.63, 3.8) is 0 Å². The number of ether oxygens (including phenoxy) is 3. The van der Waals surface area contributed by atoms with Crippen molar-refractivity contribution < 1.29 is 19.0 Å². The van der Waals surface area contributed by atoms with Gasteiger partial charge in [-0.05, 0) is 24.8 Å². The van der Waals surface area contributed by atoms with E-state index in [2.05, 4.69) is 27.2 Å². The number of hydrogen-bond acceptors (Lipinski definition) is 7. The predicted molar refractivity (Wildman–Crippen MR) is 134 cm³/mol. The summed E-state index contributed by atoms with van der Waals surface area (Å²) in [6.07, 6.45) is 5.39. The fourth-order valence-electron chi connectivity index (χ4n) is 5.04. The van der Waals surface area contributed by atoms with Crippen LogP contribution in [0.4, 0.5) is 0 Å². The smallest absolute Gasteiger partial charge is 0.343 e. The summed E-state index contributed by atoms with van der Waals surface area (Å²) in [6.45, 7) is 3.52. The van der Waals surface area contributed by atoms with Gasteiger partial charge in [0.2, 0.25) is 0 Å². The molecule has 0 bridgehead atoms. The topological polar surface area (TPSA) is 98.7 Å². The fraction of sp³-hybridized carbons (Fsp3) is 0.444. The highest BCUT2D eigenvalue weighted by atomic mass is 16.5. The number of carbonyl (C=O) groups excluding carboxylic acids is 1. The monoisotopic (exact) mass is 492 g/mol. The first-order valence-corrected chi connectivity index (χ1v) is 12.5. The lowest BCUT2D eigenvalue weighted by Crippen LogP contribution is -2.30. The largest absolute Gasteiger partial charge is 0.490 e. The average Bonchev–Trinajstić information content (AvgIpc) is 3.27. The third-order valence-corrected chi connectivity index (χ3v) is 6.95. The van der Waals surface area contributed by atoms with Crippen molar-refractivity contribution in [2.24, 2.45) is 0 Å². The number of fused-ring (bicyclic) bond motifs is 1. The molecule has 4 heterocycles. The summed E-state index contributed by atoms with van der Waals surface area (Å²) in [4.78, 5) is 28.2. The van der Waals surface area contributed by atoms with E-state index in [1.54, 1.807) is 4.57 Å². The van der Waals surface area contributed by atoms with Crippen molar-refractivity contribution in [3.8, 4) is 17.0 Å². The van der Waals surface area contributed by atoms with Gasteiger partial charge in [-0.3, -0.25) is 14.8 Å². The summed E-state index contributed by atoms with van der Waals surface area (Å²) >= 11 is 0. The summed E-state index contributed by atoms with van der Waals surface area (Å²) in [7, 11) is 1.35. The number of aromatic nitrogens is 3. The number of pyridine rings is 1. The molecular formula is C27H32N4O5. The van der Waals surface area contributed by atoms with Crippen molar-refractivity contribution in [3.05, 3.63) is 69.8 Å². The number of H-pyrrole nitrogens is 1. The van der Waals surface area contributed by atoms with E-state index in [0.717, 1.165) is 36.1 Å². The quantitative estimate of drug-likeness (QED) is 0.506. The zero-order valence-corrected chi connectivity index (χ0v) is 20.6. The summed E-state index contributed by atoms with van der Waals surface area (Å²) in [6, 6.07) is 11.5. The van der Waals surface area contributed by atoms with Crippen molar-refractivity contribution in [2.75, 3.05) is 33.4 Å². The van der Waals surface area contributed by atoms with E-state index >= 15 is 0 Å². The lowest BCUT2D eigenvalue weighted by atomic mass is 10.1. The minimum Gasteiger partial charge on any atom is -0.490 e. The van der Waals surface area contributed by atoms with Gasteiger partial charge in [-0.2, -0.15) is 5.10 Å². The summed E-state index contributed by atoms with van der Waals surface area (Å²) < 4.78 is 18.5. The van der Waals surface area contributed by atoms with Crippen LogP contribution in [0, 0.1) is 0 Å². The maximum absolute atomic E-state index is 13.1. The van der Waals surface area contributed by atoms with E-state index in [0.29, 0.717) is 57.1 Å². The Morgan fingerprint density at radius 2 is 2.06 bits per heavy atom. The molecular weight excluding hydrogens is 460 g/mol. The van der Waals surface area contributed by atoms with Crippen molar-refractivity contribution in [1.82, 2.24) is 19.7 Å². The summed E-state index contributed by atoms with van der Waals surface area (Å²) in [5, 5.41) is 7.38. The van der Waals surface area contributed by atoms with Crippen LogP contribution in [0.3, 0.4) is 0 Å². The standard InChI is InChI=1S/C27H32N4O5/c1-34-27(33)25-22-10-11-30(17-20-16-28-29-26(20)19-7-3-2-4-8-19)12-13-31(22)24(32)15-23(25)36-18-21-9-5-6-14-35-21/h2-4,7-8,15-16,21H,5-6,9-14,17-18H2,1H3,(H,28,29)/t21-/m1/s1. The van der Waals surface area contributed by atoms with Gasteiger partial charge in [0.15, 0.2) is 0 Å². The van der Waals surface area contributed by atoms with E-state index < -0.39 is 5.97 Å². The second-order valence-corrected chi connectivity index (χ2v) is 9.27. The van der Waals surface area contributed by atoms with Gasteiger partial charge >= 0.3 is 5.97 Å². The Labute approximate surface area is 210 Å². The van der Waals surface area contributed by atoms with Gasteiger partial charge in [-0.1, -0.05) is 30.3 Å². The number of hydrogen-bond donors (Lipinski definition) is 1. The van der Waals surface area contributed by atoms with Gasteiger partial charge in [0, 0.05) is 56.5 Å². The first-order valence-electron chi connectivity index (χ1n) is 12.5. The fourth-order valence-corrected chi connectivity index (χ4v) is 5.04. The molecule has 1 N–H and O–H groups in total. The molecule has 0 spiro atoms. The normalized spacial score (nSPS) is 18.3. The van der Waals surface area contributed by atoms with Crippen LogP contribution in [-0.4, -0.2) is 65.2 Å². The Hall–Kier alpha value is -3.43. The van der Waals surface area contributed by atoms with Crippen molar-refractivity contribution >= 4 is 5.97 Å². The van der Waals surface area contributed by atoms with E-state index in [-0.39, 0.29) is 17.4 Å². The highest BCUT2D eigenvalue weighted by Crippen LogP contribution is 2.27. The first-order chi connectivity index (χ1) is 17.6. The van der Waals surface area contributed by atoms with Gasteiger partial charge in [-0.25, -0.2) is 4.79 Å². The molecule has 1 fully saturated rings. The Morgan fingerprint density at radius 1 is 1.19 bits per heavy atom. The van der Waals surface area contributed by atoms with Crippen LogP contribution in [0.15, 0.2) is 47.4 Å². The number of carbonyl (C=O) groups is 1. The molecule has 2 aliphatic heterocycles. The molecule has 1 atom stereocenters. The molecule has 2 aliphatic rings. The van der Waals surface area contributed by atoms with E-state index in [1.807, 2.05) is 24.4 Å². The number of benzene rings is 1. The van der Waals surface area contributed by atoms with Gasteiger partial charge in [0.25, 0.3) is 5.56 Å². The second kappa shape index (κ2) is 11.1. The van der Waals surface area contributed by atoms with Crippen LogP contribution in [0.1, 0.15) is 40.9 Å². The summed E-state index contributed by atoms with van der Waals surface area (Å²) in [5.74, 6) is -0.213. The molecule has 2 aromatic heterocycles. The molecule has 36 heavy (non-hydrogen) atoms. The first kappa shape index (κ1) is 24.3. The van der Waals surface area contributed by atoms with Gasteiger partial charge < -0.3 is 18.8 Å². The van der Waals surface area contributed by atoms with Crippen LogP contribution >= 0.6 is 0 Å². The van der Waals surface area contributed by atoms with Crippen LogP contribution in [0.5, 0.6) is 5.75 Å². The summed E-state index contributed by atoms with van der Waals surface area (Å²) in [5.41, 5.74) is 3.98. The third-order valence-electron chi connectivity index (χ3n) is 6.95. The zero-order valence-electron chi connectivity index (χ0n) is 20.6. The maximum Gasteiger partial charge on any atom is 0.343 e. The lowest BCUT2D eigenvalue weighted by molar-refractivity contribution is -0.0114. The van der Waals surface area contributed by atoms with Crippen LogP contribution < -0.4 is 10.3 Å². The lowest BCUT2D eigenvalue weighted by Gasteiger charge is -2.24. The third kappa shape index (κ3) is 5.22.